The van der Waals surface area contributed by atoms with Crippen molar-refractivity contribution in [1.29, 1.82) is 0 Å². The van der Waals surface area contributed by atoms with E-state index in [9.17, 15) is 0 Å². The smallest absolute Gasteiger partial charge is 0.234 e. The SMILES string of the molecule is CC1(C)c2cc(-c3ccc(-c4cn5cccnc5n4)cc3)ccc2-c2cc3c(-c4ccc(-c5ccccc5)cc4)c4ccccc4c(-c4ccc(-c5ccccc5)cc4)c3cc21. The summed E-state index contributed by atoms with van der Waals surface area (Å²) in [6.45, 7) is 4.79. The number of fused-ring (bicyclic) bond motifs is 6. The molecule has 62 heavy (non-hydrogen) atoms. The van der Waals surface area contributed by atoms with Gasteiger partial charge in [0.25, 0.3) is 0 Å². The zero-order chi connectivity index (χ0) is 41.4. The van der Waals surface area contributed by atoms with Gasteiger partial charge in [0, 0.05) is 29.6 Å². The van der Waals surface area contributed by atoms with Crippen LogP contribution in [-0.2, 0) is 5.41 Å². The molecule has 3 nitrogen and oxygen atoms in total. The minimum Gasteiger partial charge on any atom is -0.291 e. The van der Waals surface area contributed by atoms with Gasteiger partial charge in [-0.25, -0.2) is 9.97 Å². The van der Waals surface area contributed by atoms with Gasteiger partial charge >= 0.3 is 0 Å². The van der Waals surface area contributed by atoms with E-state index in [1.165, 1.54) is 99.4 Å². The lowest BCUT2D eigenvalue weighted by atomic mass is 9.79. The Morgan fingerprint density at radius 2 is 0.855 bits per heavy atom. The lowest BCUT2D eigenvalue weighted by Gasteiger charge is -2.24. The highest BCUT2D eigenvalue weighted by atomic mass is 15.1. The minimum atomic E-state index is -0.226. The van der Waals surface area contributed by atoms with E-state index in [2.05, 4.69) is 207 Å². The van der Waals surface area contributed by atoms with Crippen LogP contribution in [0.25, 0.3) is 105 Å². The molecule has 0 amide bonds. The quantitative estimate of drug-likeness (QED) is 0.157. The Morgan fingerprint density at radius 3 is 1.44 bits per heavy atom. The number of hydrogen-bond donors (Lipinski definition) is 0. The molecule has 0 spiro atoms. The molecule has 12 rings (SSSR count). The van der Waals surface area contributed by atoms with Crippen LogP contribution in [-0.4, -0.2) is 14.4 Å². The van der Waals surface area contributed by atoms with Crippen molar-refractivity contribution in [2.24, 2.45) is 0 Å². The van der Waals surface area contributed by atoms with Crippen LogP contribution in [0.1, 0.15) is 25.0 Å². The first kappa shape index (κ1) is 36.0. The summed E-state index contributed by atoms with van der Waals surface area (Å²) in [7, 11) is 0. The fraction of sp³-hybridized carbons (Fsp3) is 0.0508. The van der Waals surface area contributed by atoms with E-state index in [0.717, 1.165) is 11.3 Å². The zero-order valence-electron chi connectivity index (χ0n) is 34.5. The number of benzene rings is 9. The average molecular weight is 792 g/mol. The number of imidazole rings is 1. The van der Waals surface area contributed by atoms with Crippen molar-refractivity contribution in [2.45, 2.75) is 19.3 Å². The highest BCUT2D eigenvalue weighted by molar-refractivity contribution is 6.22. The first-order valence-electron chi connectivity index (χ1n) is 21.4. The van der Waals surface area contributed by atoms with Gasteiger partial charge in [-0.05, 0) is 124 Å². The first-order valence-corrected chi connectivity index (χ1v) is 21.4. The fourth-order valence-electron chi connectivity index (χ4n) is 9.93. The maximum Gasteiger partial charge on any atom is 0.234 e. The third-order valence-corrected chi connectivity index (χ3v) is 13.1. The molecule has 2 aromatic heterocycles. The molecule has 0 saturated carbocycles. The normalized spacial score (nSPS) is 12.8. The molecule has 9 aromatic carbocycles. The monoisotopic (exact) mass is 791 g/mol. The lowest BCUT2D eigenvalue weighted by molar-refractivity contribution is 0.661. The van der Waals surface area contributed by atoms with Crippen molar-refractivity contribution in [3.63, 3.8) is 0 Å². The topological polar surface area (TPSA) is 30.2 Å². The summed E-state index contributed by atoms with van der Waals surface area (Å²) in [5.74, 6) is 0.703. The second-order valence-electron chi connectivity index (χ2n) is 17.0. The summed E-state index contributed by atoms with van der Waals surface area (Å²) in [5.41, 5.74) is 19.3. The minimum absolute atomic E-state index is 0.226. The molecule has 2 heterocycles. The Bertz CT molecular complexity index is 3460. The Morgan fingerprint density at radius 1 is 0.387 bits per heavy atom. The van der Waals surface area contributed by atoms with Gasteiger partial charge < -0.3 is 0 Å². The highest BCUT2D eigenvalue weighted by Crippen LogP contribution is 2.54. The molecule has 292 valence electrons. The van der Waals surface area contributed by atoms with Gasteiger partial charge in [-0.15, -0.1) is 0 Å². The van der Waals surface area contributed by atoms with E-state index in [4.69, 9.17) is 4.98 Å². The van der Waals surface area contributed by atoms with Gasteiger partial charge in [-0.3, -0.25) is 4.40 Å². The largest absolute Gasteiger partial charge is 0.291 e. The molecule has 0 saturated heterocycles. The predicted molar refractivity (Wildman–Crippen MR) is 258 cm³/mol. The fourth-order valence-corrected chi connectivity index (χ4v) is 9.93. The lowest BCUT2D eigenvalue weighted by Crippen LogP contribution is -2.15. The van der Waals surface area contributed by atoms with Crippen LogP contribution in [0.5, 0.6) is 0 Å². The number of hydrogen-bond acceptors (Lipinski definition) is 2. The number of nitrogens with zero attached hydrogens (tertiary/aromatic N) is 3. The third-order valence-electron chi connectivity index (χ3n) is 13.1. The van der Waals surface area contributed by atoms with Crippen LogP contribution >= 0.6 is 0 Å². The van der Waals surface area contributed by atoms with Crippen molar-refractivity contribution in [3.05, 3.63) is 224 Å². The molecule has 0 aliphatic heterocycles. The molecule has 1 aliphatic carbocycles. The molecule has 3 heteroatoms. The maximum absolute atomic E-state index is 4.75. The summed E-state index contributed by atoms with van der Waals surface area (Å²) in [5, 5.41) is 5.05. The maximum atomic E-state index is 4.75. The van der Waals surface area contributed by atoms with E-state index < -0.39 is 0 Å². The van der Waals surface area contributed by atoms with Crippen molar-refractivity contribution in [1.82, 2.24) is 14.4 Å². The Labute approximate surface area is 361 Å². The predicted octanol–water partition coefficient (Wildman–Crippen LogP) is 15.3. The molecule has 0 N–H and O–H groups in total. The van der Waals surface area contributed by atoms with Crippen LogP contribution < -0.4 is 0 Å². The van der Waals surface area contributed by atoms with E-state index in [1.807, 2.05) is 22.9 Å². The summed E-state index contributed by atoms with van der Waals surface area (Å²) in [6.07, 6.45) is 5.80. The van der Waals surface area contributed by atoms with Crippen LogP contribution in [0.3, 0.4) is 0 Å². The van der Waals surface area contributed by atoms with Gasteiger partial charge in [0.2, 0.25) is 5.78 Å². The summed E-state index contributed by atoms with van der Waals surface area (Å²) < 4.78 is 1.96. The third kappa shape index (κ3) is 5.81. The Kier molecular flexibility index (Phi) is 8.20. The van der Waals surface area contributed by atoms with Crippen molar-refractivity contribution >= 4 is 27.3 Å². The van der Waals surface area contributed by atoms with Crippen LogP contribution in [0, 0.1) is 0 Å². The van der Waals surface area contributed by atoms with Crippen molar-refractivity contribution in [2.75, 3.05) is 0 Å². The van der Waals surface area contributed by atoms with Crippen molar-refractivity contribution in [3.8, 4) is 78.0 Å². The van der Waals surface area contributed by atoms with E-state index in [1.54, 1.807) is 6.20 Å². The van der Waals surface area contributed by atoms with Crippen LogP contribution in [0.4, 0.5) is 0 Å². The molecule has 0 radical (unpaired) electrons. The summed E-state index contributed by atoms with van der Waals surface area (Å²) in [4.78, 5) is 9.16. The standard InChI is InChI=1S/C59H41N3/c1-59(2)53-34-46(42-18-24-43(25-19-42)55-37-62-33-11-32-60-58(62)61-55)30-31-47(53)50-35-51-52(36-54(50)59)57(45-28-22-41(23-29-45)39-14-7-4-8-15-39)49-17-10-9-16-48(49)56(51)44-26-20-40(21-27-44)38-12-5-3-6-13-38/h3-37H,1-2H3. The first-order chi connectivity index (χ1) is 30.5. The van der Waals surface area contributed by atoms with E-state index in [-0.39, 0.29) is 5.41 Å². The molecule has 1 aliphatic rings. The number of rotatable bonds is 6. The summed E-state index contributed by atoms with van der Waals surface area (Å²) >= 11 is 0. The van der Waals surface area contributed by atoms with Gasteiger partial charge in [0.1, 0.15) is 0 Å². The van der Waals surface area contributed by atoms with Gasteiger partial charge in [0.15, 0.2) is 0 Å². The average Bonchev–Trinajstić information content (AvgIpc) is 3.87. The molecular weight excluding hydrogens is 751 g/mol. The van der Waals surface area contributed by atoms with E-state index in [0.29, 0.717) is 5.78 Å². The molecule has 11 aromatic rings. The second kappa shape index (κ2) is 14.1. The molecule has 0 atom stereocenters. The molecule has 0 bridgehead atoms. The van der Waals surface area contributed by atoms with Crippen LogP contribution in [0.15, 0.2) is 213 Å². The Balaban J connectivity index is 1.03. The van der Waals surface area contributed by atoms with Gasteiger partial charge in [0.05, 0.1) is 5.69 Å². The van der Waals surface area contributed by atoms with Crippen molar-refractivity contribution < 1.29 is 0 Å². The summed E-state index contributed by atoms with van der Waals surface area (Å²) in [6, 6.07) is 71.5. The zero-order valence-corrected chi connectivity index (χ0v) is 34.5. The molecule has 0 fully saturated rings. The molecule has 0 unspecified atom stereocenters. The highest BCUT2D eigenvalue weighted by Gasteiger charge is 2.37. The molecular formula is C59H41N3. The van der Waals surface area contributed by atoms with Crippen LogP contribution in [0.2, 0.25) is 0 Å². The van der Waals surface area contributed by atoms with Gasteiger partial charge in [-0.1, -0.05) is 184 Å². The van der Waals surface area contributed by atoms with Gasteiger partial charge in [-0.2, -0.15) is 0 Å². The van der Waals surface area contributed by atoms with E-state index >= 15 is 0 Å². The second-order valence-corrected chi connectivity index (χ2v) is 17.0. The Hall–Kier alpha value is -7.88. The number of aromatic nitrogens is 3.